The van der Waals surface area contributed by atoms with Gasteiger partial charge in [0.25, 0.3) is 0 Å². The van der Waals surface area contributed by atoms with E-state index in [9.17, 15) is 9.59 Å². The number of carbonyl (C=O) groups excluding carboxylic acids is 2. The first kappa shape index (κ1) is 15.3. The third-order valence-electron chi connectivity index (χ3n) is 4.85. The lowest BCUT2D eigenvalue weighted by Crippen LogP contribution is -2.53. The normalized spacial score (nSPS) is 23.8. The Morgan fingerprint density at radius 3 is 2.83 bits per heavy atom. The van der Waals surface area contributed by atoms with Crippen LogP contribution in [0.5, 0.6) is 0 Å². The van der Waals surface area contributed by atoms with Gasteiger partial charge in [-0.3, -0.25) is 9.59 Å². The van der Waals surface area contributed by atoms with Crippen molar-refractivity contribution in [1.82, 2.24) is 20.2 Å². The summed E-state index contributed by atoms with van der Waals surface area (Å²) in [5, 5.41) is 2.75. The monoisotopic (exact) mass is 331 g/mol. The summed E-state index contributed by atoms with van der Waals surface area (Å²) < 4.78 is 5.41. The molecule has 2 fully saturated rings. The zero-order valence-corrected chi connectivity index (χ0v) is 13.5. The van der Waals surface area contributed by atoms with Crippen molar-refractivity contribution in [2.45, 2.75) is 31.9 Å². The molecule has 0 aromatic carbocycles. The summed E-state index contributed by atoms with van der Waals surface area (Å²) in [7, 11) is 0. The number of piperazine rings is 1. The number of amides is 2. The maximum Gasteiger partial charge on any atom is 0.245 e. The van der Waals surface area contributed by atoms with Crippen molar-refractivity contribution in [3.05, 3.63) is 17.5 Å². The predicted molar refractivity (Wildman–Crippen MR) is 85.3 cm³/mol. The van der Waals surface area contributed by atoms with Gasteiger partial charge in [-0.05, 0) is 6.42 Å². The van der Waals surface area contributed by atoms with E-state index in [2.05, 4.69) is 20.2 Å². The number of ether oxygens (including phenoxy) is 1. The molecule has 2 amide bonds. The summed E-state index contributed by atoms with van der Waals surface area (Å²) in [6.45, 7) is 3.98. The molecule has 0 unspecified atom stereocenters. The van der Waals surface area contributed by atoms with E-state index in [0.29, 0.717) is 52.2 Å². The molecule has 0 spiro atoms. The van der Waals surface area contributed by atoms with Crippen LogP contribution in [0.15, 0.2) is 6.20 Å². The highest BCUT2D eigenvalue weighted by atomic mass is 16.5. The van der Waals surface area contributed by atoms with Crippen LogP contribution in [0.4, 0.5) is 5.95 Å². The highest BCUT2D eigenvalue weighted by molar-refractivity contribution is 5.90. The fraction of sp³-hybridized carbons (Fsp3) is 0.625. The molecule has 1 aromatic heterocycles. The average Bonchev–Trinajstić information content (AvgIpc) is 3.07. The van der Waals surface area contributed by atoms with Crippen LogP contribution in [0.1, 0.15) is 24.1 Å². The lowest BCUT2D eigenvalue weighted by atomic mass is 10.1. The topological polar surface area (TPSA) is 87.7 Å². The van der Waals surface area contributed by atoms with Gasteiger partial charge in [-0.2, -0.15) is 0 Å². The van der Waals surface area contributed by atoms with Crippen molar-refractivity contribution in [2.75, 3.05) is 37.7 Å². The second-order valence-electron chi connectivity index (χ2n) is 6.42. The maximum atomic E-state index is 12.4. The fourth-order valence-corrected chi connectivity index (χ4v) is 3.42. The number of rotatable bonds is 2. The molecule has 0 saturated carbocycles. The van der Waals surface area contributed by atoms with E-state index in [1.54, 1.807) is 0 Å². The lowest BCUT2D eigenvalue weighted by molar-refractivity contribution is -0.134. The van der Waals surface area contributed by atoms with E-state index >= 15 is 0 Å². The minimum absolute atomic E-state index is 0.0292. The van der Waals surface area contributed by atoms with Crippen LogP contribution in [0.3, 0.4) is 0 Å². The van der Waals surface area contributed by atoms with E-state index in [-0.39, 0.29) is 17.9 Å². The molecule has 1 aromatic rings. The first-order valence-electron chi connectivity index (χ1n) is 8.46. The molecule has 2 saturated heterocycles. The fourth-order valence-electron chi connectivity index (χ4n) is 3.42. The first-order chi connectivity index (χ1) is 11.7. The largest absolute Gasteiger partial charge is 0.376 e. The quantitative estimate of drug-likeness (QED) is 0.784. The minimum atomic E-state index is -0.343. The Hall–Kier alpha value is -2.22. The average molecular weight is 331 g/mol. The molecular weight excluding hydrogens is 310 g/mol. The molecule has 0 bridgehead atoms. The Morgan fingerprint density at radius 1 is 1.25 bits per heavy atom. The van der Waals surface area contributed by atoms with Crippen LogP contribution in [0.2, 0.25) is 0 Å². The Kier molecular flexibility index (Phi) is 4.05. The smallest absolute Gasteiger partial charge is 0.245 e. The summed E-state index contributed by atoms with van der Waals surface area (Å²) in [4.78, 5) is 36.8. The maximum absolute atomic E-state index is 12.4. The Bertz CT molecular complexity index is 657. The molecule has 4 heterocycles. The van der Waals surface area contributed by atoms with Crippen LogP contribution in [0, 0.1) is 0 Å². The van der Waals surface area contributed by atoms with Crippen LogP contribution < -0.4 is 10.2 Å². The number of nitrogens with one attached hydrogen (secondary N) is 1. The van der Waals surface area contributed by atoms with Crippen LogP contribution in [-0.4, -0.2) is 65.5 Å². The molecule has 128 valence electrons. The van der Waals surface area contributed by atoms with Gasteiger partial charge in [-0.1, -0.05) is 0 Å². The number of fused-ring (bicyclic) bond motifs is 1. The van der Waals surface area contributed by atoms with Gasteiger partial charge in [0, 0.05) is 50.8 Å². The van der Waals surface area contributed by atoms with Crippen molar-refractivity contribution in [3.8, 4) is 0 Å². The van der Waals surface area contributed by atoms with Crippen LogP contribution in [0.25, 0.3) is 0 Å². The standard InChI is InChI=1S/C16H21N5O3/c22-14-2-1-13(18-14)15(23)20-4-6-21(7-5-20)16-17-9-11-10-24-8-3-12(11)19-16/h9,13H,1-8,10H2,(H,18,22)/t13-/m1/s1. The highest BCUT2D eigenvalue weighted by Crippen LogP contribution is 2.19. The molecule has 3 aliphatic rings. The molecule has 8 heteroatoms. The van der Waals surface area contributed by atoms with Gasteiger partial charge in [0.15, 0.2) is 0 Å². The molecule has 1 atom stereocenters. The van der Waals surface area contributed by atoms with E-state index in [0.717, 1.165) is 23.6 Å². The number of hydrogen-bond acceptors (Lipinski definition) is 6. The van der Waals surface area contributed by atoms with Crippen molar-refractivity contribution in [2.24, 2.45) is 0 Å². The SMILES string of the molecule is O=C1CC[C@H](C(=O)N2CCN(c3ncc4c(n3)CCOC4)CC2)N1. The van der Waals surface area contributed by atoms with Gasteiger partial charge in [0.2, 0.25) is 17.8 Å². The molecule has 3 aliphatic heterocycles. The van der Waals surface area contributed by atoms with Crippen molar-refractivity contribution < 1.29 is 14.3 Å². The summed E-state index contributed by atoms with van der Waals surface area (Å²) in [6.07, 6.45) is 3.73. The molecular formula is C16H21N5O3. The predicted octanol–water partition coefficient (Wildman–Crippen LogP) is -0.523. The lowest BCUT2D eigenvalue weighted by Gasteiger charge is -2.36. The molecule has 0 radical (unpaired) electrons. The number of anilines is 1. The molecule has 4 rings (SSSR count). The van der Waals surface area contributed by atoms with Gasteiger partial charge in [-0.15, -0.1) is 0 Å². The van der Waals surface area contributed by atoms with Crippen molar-refractivity contribution >= 4 is 17.8 Å². The first-order valence-corrected chi connectivity index (χ1v) is 8.46. The van der Waals surface area contributed by atoms with Crippen molar-refractivity contribution in [1.29, 1.82) is 0 Å². The van der Waals surface area contributed by atoms with Gasteiger partial charge in [-0.25, -0.2) is 9.97 Å². The van der Waals surface area contributed by atoms with Crippen molar-refractivity contribution in [3.63, 3.8) is 0 Å². The summed E-state index contributed by atoms with van der Waals surface area (Å²) in [5.41, 5.74) is 2.13. The number of aromatic nitrogens is 2. The summed E-state index contributed by atoms with van der Waals surface area (Å²) >= 11 is 0. The summed E-state index contributed by atoms with van der Waals surface area (Å²) in [6, 6.07) is -0.343. The minimum Gasteiger partial charge on any atom is -0.376 e. The van der Waals surface area contributed by atoms with Gasteiger partial charge in [0.05, 0.1) is 18.9 Å². The van der Waals surface area contributed by atoms with Gasteiger partial charge in [0.1, 0.15) is 6.04 Å². The van der Waals surface area contributed by atoms with Gasteiger partial charge >= 0.3 is 0 Å². The summed E-state index contributed by atoms with van der Waals surface area (Å²) in [5.74, 6) is 0.736. The number of nitrogens with zero attached hydrogens (tertiary/aromatic N) is 4. The zero-order chi connectivity index (χ0) is 16.5. The third-order valence-corrected chi connectivity index (χ3v) is 4.85. The van der Waals surface area contributed by atoms with Gasteiger partial charge < -0.3 is 19.9 Å². The molecule has 0 aliphatic carbocycles. The second kappa shape index (κ2) is 6.35. The van der Waals surface area contributed by atoms with E-state index in [1.165, 1.54) is 0 Å². The molecule has 24 heavy (non-hydrogen) atoms. The zero-order valence-electron chi connectivity index (χ0n) is 13.5. The van der Waals surface area contributed by atoms with E-state index < -0.39 is 0 Å². The third kappa shape index (κ3) is 2.93. The Morgan fingerprint density at radius 2 is 2.08 bits per heavy atom. The number of hydrogen-bond donors (Lipinski definition) is 1. The second-order valence-corrected chi connectivity index (χ2v) is 6.42. The van der Waals surface area contributed by atoms with E-state index in [1.807, 2.05) is 11.1 Å². The Labute approximate surface area is 140 Å². The van der Waals surface area contributed by atoms with E-state index in [4.69, 9.17) is 4.74 Å². The molecule has 8 nitrogen and oxygen atoms in total. The van der Waals surface area contributed by atoms with Crippen LogP contribution in [-0.2, 0) is 27.4 Å². The Balaban J connectivity index is 1.37. The highest BCUT2D eigenvalue weighted by Gasteiger charge is 2.32. The van der Waals surface area contributed by atoms with Crippen LogP contribution >= 0.6 is 0 Å². The number of carbonyl (C=O) groups is 2. The molecule has 1 N–H and O–H groups in total.